The van der Waals surface area contributed by atoms with Crippen LogP contribution in [0.15, 0.2) is 126 Å². The Hall–Kier alpha value is -5.17. The molecule has 5 aromatic carbocycles. The smallest absolute Gasteiger partial charge is 0.335 e. The van der Waals surface area contributed by atoms with Gasteiger partial charge in [-0.3, -0.25) is 9.44 Å². The van der Waals surface area contributed by atoms with E-state index in [1.54, 1.807) is 54.6 Å². The molecule has 0 heterocycles. The van der Waals surface area contributed by atoms with Crippen LogP contribution < -0.4 is 9.44 Å². The maximum Gasteiger partial charge on any atom is 0.335 e. The molecule has 0 saturated carbocycles. The fourth-order valence-electron chi connectivity index (χ4n) is 4.97. The van der Waals surface area contributed by atoms with E-state index in [2.05, 4.69) is 9.44 Å². The van der Waals surface area contributed by atoms with Gasteiger partial charge in [0.05, 0.1) is 22.3 Å². The van der Waals surface area contributed by atoms with Gasteiger partial charge in [0.15, 0.2) is 0 Å². The highest BCUT2D eigenvalue weighted by Gasteiger charge is 2.14. The second kappa shape index (κ2) is 17.0. The highest BCUT2D eigenvalue weighted by molar-refractivity contribution is 7.92. The van der Waals surface area contributed by atoms with E-state index >= 15 is 0 Å². The lowest BCUT2D eigenvalue weighted by Gasteiger charge is -2.10. The molecule has 0 aliphatic heterocycles. The number of halogens is 1. The first-order valence-electron chi connectivity index (χ1n) is 15.3. The summed E-state index contributed by atoms with van der Waals surface area (Å²) in [7, 11) is -6.96. The number of aromatic carboxylic acids is 2. The molecule has 10 nitrogen and oxygen atoms in total. The molecule has 0 aliphatic carbocycles. The molecule has 0 bridgehead atoms. The molecule has 5 rings (SSSR count). The van der Waals surface area contributed by atoms with Crippen LogP contribution in [-0.4, -0.2) is 45.2 Å². The predicted molar refractivity (Wildman–Crippen MR) is 195 cm³/mol. The average molecular weight is 735 g/mol. The maximum atomic E-state index is 12.4. The molecule has 0 unspecified atom stereocenters. The molecule has 5 aromatic rings. The zero-order chi connectivity index (χ0) is 36.3. The molecule has 260 valence electrons. The molecular weight excluding hydrogens is 700 g/mol. The summed E-state index contributed by atoms with van der Waals surface area (Å²) in [5.74, 6) is -1.87. The van der Waals surface area contributed by atoms with Crippen LogP contribution in [0.2, 0.25) is 5.02 Å². The van der Waals surface area contributed by atoms with Gasteiger partial charge in [0.25, 0.3) is 10.0 Å². The number of hydrogen-bond acceptors (Lipinski definition) is 6. The van der Waals surface area contributed by atoms with Gasteiger partial charge in [-0.25, -0.2) is 26.4 Å². The van der Waals surface area contributed by atoms with Crippen molar-refractivity contribution in [2.24, 2.45) is 0 Å². The number of anilines is 2. The molecule has 0 amide bonds. The second-order valence-corrected chi connectivity index (χ2v) is 15.1. The van der Waals surface area contributed by atoms with Crippen LogP contribution in [0.4, 0.5) is 11.4 Å². The van der Waals surface area contributed by atoms with E-state index in [-0.39, 0.29) is 4.90 Å². The lowest BCUT2D eigenvalue weighted by molar-refractivity contribution is 0.0684. The van der Waals surface area contributed by atoms with Gasteiger partial charge >= 0.3 is 11.9 Å². The number of carbonyl (C=O) groups is 2. The number of benzene rings is 5. The molecule has 0 saturated heterocycles. The molecule has 0 radical (unpaired) electrons. The monoisotopic (exact) mass is 734 g/mol. The summed E-state index contributed by atoms with van der Waals surface area (Å²) >= 11 is 5.79. The highest BCUT2D eigenvalue weighted by atomic mass is 35.5. The van der Waals surface area contributed by atoms with E-state index in [4.69, 9.17) is 16.7 Å². The van der Waals surface area contributed by atoms with Crippen LogP contribution in [0.1, 0.15) is 43.0 Å². The third-order valence-corrected chi connectivity index (χ3v) is 9.70. The number of carboxylic acids is 2. The third kappa shape index (κ3) is 11.5. The lowest BCUT2D eigenvalue weighted by atomic mass is 10.00. The Kier molecular flexibility index (Phi) is 12.8. The molecular formula is C37H35ClN2O8S2. The molecule has 0 aromatic heterocycles. The second-order valence-electron chi connectivity index (χ2n) is 11.3. The van der Waals surface area contributed by atoms with Gasteiger partial charge in [-0.2, -0.15) is 0 Å². The fourth-order valence-corrected chi connectivity index (χ4v) is 6.72. The number of nitrogens with one attached hydrogen (secondary N) is 2. The van der Waals surface area contributed by atoms with Crippen LogP contribution in [0.5, 0.6) is 0 Å². The Morgan fingerprint density at radius 2 is 0.960 bits per heavy atom. The first-order chi connectivity index (χ1) is 23.7. The van der Waals surface area contributed by atoms with E-state index in [1.165, 1.54) is 24.3 Å². The van der Waals surface area contributed by atoms with Gasteiger partial charge in [0.1, 0.15) is 0 Å². The summed E-state index contributed by atoms with van der Waals surface area (Å²) in [4.78, 5) is 22.5. The van der Waals surface area contributed by atoms with Crippen molar-refractivity contribution < 1.29 is 36.6 Å². The number of carboxylic acid groups (broad SMARTS) is 2. The minimum absolute atomic E-state index is 0.131. The van der Waals surface area contributed by atoms with Crippen LogP contribution in [-0.2, 0) is 45.7 Å². The molecule has 0 atom stereocenters. The summed E-state index contributed by atoms with van der Waals surface area (Å²) in [6.07, 6.45) is 3.63. The first kappa shape index (κ1) is 37.6. The quantitative estimate of drug-likeness (QED) is 0.0988. The molecule has 0 aliphatic rings. The Balaban J connectivity index is 0.000000232. The van der Waals surface area contributed by atoms with Crippen molar-refractivity contribution in [3.63, 3.8) is 0 Å². The number of sulfonamides is 2. The van der Waals surface area contributed by atoms with Crippen molar-refractivity contribution in [1.82, 2.24) is 0 Å². The van der Waals surface area contributed by atoms with Crippen LogP contribution in [0.3, 0.4) is 0 Å². The summed E-state index contributed by atoms with van der Waals surface area (Å²) in [6.45, 7) is 0. The summed E-state index contributed by atoms with van der Waals surface area (Å²) in [5, 5.41) is 18.9. The SMILES string of the molecule is CS(=O)(=O)Nc1ccc(CCc2ccccc2C(=O)O)cc1.O=C(O)c1ccccc1CCc1ccc(NS(=O)(=O)c2ccc(Cl)cc2)cc1. The van der Waals surface area contributed by atoms with Crippen molar-refractivity contribution in [2.45, 2.75) is 30.6 Å². The van der Waals surface area contributed by atoms with E-state index in [0.29, 0.717) is 53.2 Å². The lowest BCUT2D eigenvalue weighted by Crippen LogP contribution is -2.12. The van der Waals surface area contributed by atoms with Crippen LogP contribution in [0, 0.1) is 0 Å². The van der Waals surface area contributed by atoms with Crippen molar-refractivity contribution in [2.75, 3.05) is 15.7 Å². The van der Waals surface area contributed by atoms with Gasteiger partial charge in [0, 0.05) is 16.4 Å². The minimum Gasteiger partial charge on any atom is -0.478 e. The Bertz CT molecular complexity index is 2160. The Morgan fingerprint density at radius 1 is 0.560 bits per heavy atom. The van der Waals surface area contributed by atoms with Gasteiger partial charge in [-0.1, -0.05) is 72.3 Å². The minimum atomic E-state index is -3.69. The van der Waals surface area contributed by atoms with Crippen molar-refractivity contribution >= 4 is 55.0 Å². The van der Waals surface area contributed by atoms with E-state index in [0.717, 1.165) is 28.5 Å². The maximum absolute atomic E-state index is 12.4. The third-order valence-electron chi connectivity index (χ3n) is 7.45. The van der Waals surface area contributed by atoms with Crippen molar-refractivity contribution in [3.8, 4) is 0 Å². The molecule has 0 fully saturated rings. The van der Waals surface area contributed by atoms with E-state index in [9.17, 15) is 31.5 Å². The van der Waals surface area contributed by atoms with Gasteiger partial charge in [-0.05, 0) is 109 Å². The number of aryl methyl sites for hydroxylation is 4. The molecule has 13 heteroatoms. The van der Waals surface area contributed by atoms with Gasteiger partial charge in [0.2, 0.25) is 10.0 Å². The first-order valence-corrected chi connectivity index (χ1v) is 19.0. The van der Waals surface area contributed by atoms with Crippen molar-refractivity contribution in [1.29, 1.82) is 0 Å². The standard InChI is InChI=1S/C21H18ClNO4S.C16H17NO4S/c22-17-9-13-19(14-10-17)28(26,27)23-18-11-6-15(7-12-18)5-8-16-3-1-2-4-20(16)21(24)25;1-22(20,21)17-14-10-7-12(8-11-14)6-9-13-4-2-3-5-15(13)16(18)19/h1-4,6-7,9-14,23H,5,8H2,(H,24,25);2-5,7-8,10-11,17H,6,9H2,1H3,(H,18,19). The Morgan fingerprint density at radius 3 is 1.36 bits per heavy atom. The largest absolute Gasteiger partial charge is 0.478 e. The van der Waals surface area contributed by atoms with Crippen LogP contribution >= 0.6 is 11.6 Å². The molecule has 0 spiro atoms. The van der Waals surface area contributed by atoms with E-state index < -0.39 is 32.0 Å². The fraction of sp³-hybridized carbons (Fsp3) is 0.135. The Labute approximate surface area is 296 Å². The topological polar surface area (TPSA) is 167 Å². The summed E-state index contributed by atoms with van der Waals surface area (Å²) < 4.78 is 52.0. The van der Waals surface area contributed by atoms with Gasteiger partial charge in [-0.15, -0.1) is 0 Å². The average Bonchev–Trinajstić information content (AvgIpc) is 3.07. The van der Waals surface area contributed by atoms with Crippen LogP contribution in [0.25, 0.3) is 0 Å². The zero-order valence-electron chi connectivity index (χ0n) is 26.9. The zero-order valence-corrected chi connectivity index (χ0v) is 29.3. The summed E-state index contributed by atoms with van der Waals surface area (Å²) in [6, 6.07) is 33.8. The number of hydrogen-bond donors (Lipinski definition) is 4. The van der Waals surface area contributed by atoms with Gasteiger partial charge < -0.3 is 10.2 Å². The van der Waals surface area contributed by atoms with Crippen molar-refractivity contribution in [3.05, 3.63) is 160 Å². The molecule has 50 heavy (non-hydrogen) atoms. The number of rotatable bonds is 13. The van der Waals surface area contributed by atoms with E-state index in [1.807, 2.05) is 42.5 Å². The predicted octanol–water partition coefficient (Wildman–Crippen LogP) is 7.17. The highest BCUT2D eigenvalue weighted by Crippen LogP contribution is 2.20. The summed E-state index contributed by atoms with van der Waals surface area (Å²) in [5.41, 5.74) is 5.12. The molecule has 4 N–H and O–H groups in total. The normalized spacial score (nSPS) is 11.2.